The maximum absolute atomic E-state index is 11.7. The number of halogens is 2. The SMILES string of the molecule is CC(=O)CC(=O)c1ccc(-c2ccc(Cl)c(Cl)c2)cc1. The maximum atomic E-state index is 11.7. The fourth-order valence-electron chi connectivity index (χ4n) is 1.85. The third-order valence-corrected chi connectivity index (χ3v) is 3.61. The average Bonchev–Trinajstić information content (AvgIpc) is 2.41. The lowest BCUT2D eigenvalue weighted by atomic mass is 10.0. The van der Waals surface area contributed by atoms with Gasteiger partial charge in [0.15, 0.2) is 5.78 Å². The molecule has 2 aromatic carbocycles. The third kappa shape index (κ3) is 3.47. The van der Waals surface area contributed by atoms with E-state index in [-0.39, 0.29) is 18.0 Å². The molecule has 4 heteroatoms. The van der Waals surface area contributed by atoms with Crippen molar-refractivity contribution < 1.29 is 9.59 Å². The van der Waals surface area contributed by atoms with Gasteiger partial charge < -0.3 is 0 Å². The van der Waals surface area contributed by atoms with Gasteiger partial charge in [-0.25, -0.2) is 0 Å². The minimum atomic E-state index is -0.168. The number of hydrogen-bond acceptors (Lipinski definition) is 2. The van der Waals surface area contributed by atoms with E-state index in [1.807, 2.05) is 18.2 Å². The maximum Gasteiger partial charge on any atom is 0.170 e. The molecular formula is C16H12Cl2O2. The second kappa shape index (κ2) is 6.21. The lowest BCUT2D eigenvalue weighted by molar-refractivity contribution is -0.116. The number of benzene rings is 2. The summed E-state index contributed by atoms with van der Waals surface area (Å²) in [5.41, 5.74) is 2.39. The number of hydrogen-bond donors (Lipinski definition) is 0. The molecule has 0 spiro atoms. The van der Waals surface area contributed by atoms with E-state index in [9.17, 15) is 9.59 Å². The largest absolute Gasteiger partial charge is 0.300 e. The number of carbonyl (C=O) groups is 2. The van der Waals surface area contributed by atoms with Crippen LogP contribution in [0.25, 0.3) is 11.1 Å². The summed E-state index contributed by atoms with van der Waals surface area (Å²) in [4.78, 5) is 22.7. The first-order chi connectivity index (χ1) is 9.47. The Morgan fingerprint density at radius 1 is 0.900 bits per heavy atom. The predicted octanol–water partition coefficient (Wildman–Crippen LogP) is 4.82. The van der Waals surface area contributed by atoms with Crippen LogP contribution in [0.3, 0.4) is 0 Å². The molecule has 0 amide bonds. The molecule has 0 heterocycles. The summed E-state index contributed by atoms with van der Waals surface area (Å²) in [6.07, 6.45) is -0.0634. The highest BCUT2D eigenvalue weighted by atomic mass is 35.5. The van der Waals surface area contributed by atoms with Gasteiger partial charge in [0.25, 0.3) is 0 Å². The molecule has 102 valence electrons. The van der Waals surface area contributed by atoms with Gasteiger partial charge in [0.2, 0.25) is 0 Å². The normalized spacial score (nSPS) is 10.3. The van der Waals surface area contributed by atoms with Gasteiger partial charge in [-0.3, -0.25) is 9.59 Å². The molecule has 2 rings (SSSR count). The molecule has 0 aromatic heterocycles. The summed E-state index contributed by atoms with van der Waals surface area (Å²) in [5, 5.41) is 0.990. The van der Waals surface area contributed by atoms with E-state index in [1.165, 1.54) is 6.92 Å². The van der Waals surface area contributed by atoms with Crippen molar-refractivity contribution in [3.05, 3.63) is 58.1 Å². The van der Waals surface area contributed by atoms with Crippen LogP contribution in [0.1, 0.15) is 23.7 Å². The zero-order valence-electron chi connectivity index (χ0n) is 10.8. The van der Waals surface area contributed by atoms with Gasteiger partial charge in [-0.05, 0) is 30.2 Å². The fourth-order valence-corrected chi connectivity index (χ4v) is 2.15. The Labute approximate surface area is 127 Å². The third-order valence-electron chi connectivity index (χ3n) is 2.87. The minimum absolute atomic E-state index is 0.0634. The summed E-state index contributed by atoms with van der Waals surface area (Å²) in [5.74, 6) is -0.304. The Bertz CT molecular complexity index is 661. The Morgan fingerprint density at radius 2 is 1.50 bits per heavy atom. The highest BCUT2D eigenvalue weighted by Crippen LogP contribution is 2.28. The van der Waals surface area contributed by atoms with Crippen LogP contribution < -0.4 is 0 Å². The van der Waals surface area contributed by atoms with Crippen LogP contribution in [0, 0.1) is 0 Å². The zero-order valence-corrected chi connectivity index (χ0v) is 12.3. The molecule has 20 heavy (non-hydrogen) atoms. The molecule has 0 aliphatic carbocycles. The first-order valence-corrected chi connectivity index (χ1v) is 6.81. The topological polar surface area (TPSA) is 34.1 Å². The van der Waals surface area contributed by atoms with Crippen molar-refractivity contribution in [3.63, 3.8) is 0 Å². The van der Waals surface area contributed by atoms with Crippen molar-refractivity contribution in [2.75, 3.05) is 0 Å². The fraction of sp³-hybridized carbons (Fsp3) is 0.125. The van der Waals surface area contributed by atoms with Gasteiger partial charge >= 0.3 is 0 Å². The molecule has 0 unspecified atom stereocenters. The second-order valence-corrected chi connectivity index (χ2v) is 5.32. The van der Waals surface area contributed by atoms with Crippen molar-refractivity contribution in [2.24, 2.45) is 0 Å². The van der Waals surface area contributed by atoms with Gasteiger partial charge in [0.05, 0.1) is 16.5 Å². The van der Waals surface area contributed by atoms with Crippen molar-refractivity contribution >= 4 is 34.8 Å². The lowest BCUT2D eigenvalue weighted by Gasteiger charge is -2.05. The molecule has 0 fully saturated rings. The van der Waals surface area contributed by atoms with Gasteiger partial charge in [-0.15, -0.1) is 0 Å². The van der Waals surface area contributed by atoms with Crippen molar-refractivity contribution in [2.45, 2.75) is 13.3 Å². The van der Waals surface area contributed by atoms with E-state index in [1.54, 1.807) is 24.3 Å². The van der Waals surface area contributed by atoms with Gasteiger partial charge in [0.1, 0.15) is 5.78 Å². The van der Waals surface area contributed by atoms with E-state index >= 15 is 0 Å². The van der Waals surface area contributed by atoms with E-state index in [4.69, 9.17) is 23.2 Å². The lowest BCUT2D eigenvalue weighted by Crippen LogP contribution is -2.04. The van der Waals surface area contributed by atoms with Crippen molar-refractivity contribution in [3.8, 4) is 11.1 Å². The summed E-state index contributed by atoms with van der Waals surface area (Å²) in [6.45, 7) is 1.40. The molecule has 0 aliphatic heterocycles. The predicted molar refractivity (Wildman–Crippen MR) is 81.5 cm³/mol. The van der Waals surface area contributed by atoms with Gasteiger partial charge in [-0.1, -0.05) is 53.5 Å². The first-order valence-electron chi connectivity index (χ1n) is 6.05. The Morgan fingerprint density at radius 3 is 2.05 bits per heavy atom. The second-order valence-electron chi connectivity index (χ2n) is 4.51. The average molecular weight is 307 g/mol. The molecule has 0 atom stereocenters. The van der Waals surface area contributed by atoms with Crippen LogP contribution in [-0.4, -0.2) is 11.6 Å². The van der Waals surface area contributed by atoms with E-state index in [0.29, 0.717) is 15.6 Å². The summed E-state index contributed by atoms with van der Waals surface area (Å²) in [7, 11) is 0. The summed E-state index contributed by atoms with van der Waals surface area (Å²) < 4.78 is 0. The molecule has 0 aliphatic rings. The van der Waals surface area contributed by atoms with Crippen molar-refractivity contribution in [1.29, 1.82) is 0 Å². The zero-order chi connectivity index (χ0) is 14.7. The Hall–Kier alpha value is -1.64. The highest BCUT2D eigenvalue weighted by Gasteiger charge is 2.09. The highest BCUT2D eigenvalue weighted by molar-refractivity contribution is 6.42. The molecule has 2 aromatic rings. The monoisotopic (exact) mass is 306 g/mol. The van der Waals surface area contributed by atoms with E-state index < -0.39 is 0 Å². The molecule has 2 nitrogen and oxygen atoms in total. The van der Waals surface area contributed by atoms with Crippen LogP contribution >= 0.6 is 23.2 Å². The van der Waals surface area contributed by atoms with Crippen molar-refractivity contribution in [1.82, 2.24) is 0 Å². The van der Waals surface area contributed by atoms with Crippen LogP contribution in [0.5, 0.6) is 0 Å². The number of rotatable bonds is 4. The summed E-state index contributed by atoms with van der Waals surface area (Å²) in [6, 6.07) is 12.4. The Kier molecular flexibility index (Phi) is 4.58. The van der Waals surface area contributed by atoms with Gasteiger partial charge in [0, 0.05) is 5.56 Å². The molecule has 0 bridgehead atoms. The minimum Gasteiger partial charge on any atom is -0.300 e. The molecule has 0 radical (unpaired) electrons. The van der Waals surface area contributed by atoms with Gasteiger partial charge in [-0.2, -0.15) is 0 Å². The van der Waals surface area contributed by atoms with E-state index in [2.05, 4.69) is 0 Å². The molecule has 0 N–H and O–H groups in total. The van der Waals surface area contributed by atoms with Crippen LogP contribution in [0.15, 0.2) is 42.5 Å². The van der Waals surface area contributed by atoms with Crippen LogP contribution in [0.4, 0.5) is 0 Å². The quantitative estimate of drug-likeness (QED) is 0.599. The molecule has 0 saturated carbocycles. The van der Waals surface area contributed by atoms with E-state index in [0.717, 1.165) is 11.1 Å². The van der Waals surface area contributed by atoms with Crippen LogP contribution in [0.2, 0.25) is 10.0 Å². The summed E-state index contributed by atoms with van der Waals surface area (Å²) >= 11 is 11.9. The standard InChI is InChI=1S/C16H12Cl2O2/c1-10(19)8-16(20)12-4-2-11(3-5-12)13-6-7-14(17)15(18)9-13/h2-7,9H,8H2,1H3. The number of carbonyl (C=O) groups excluding carboxylic acids is 2. The molecular weight excluding hydrogens is 295 g/mol. The number of ketones is 2. The smallest absolute Gasteiger partial charge is 0.170 e. The first kappa shape index (κ1) is 14.8. The van der Waals surface area contributed by atoms with Crippen LogP contribution in [-0.2, 0) is 4.79 Å². The number of Topliss-reactive ketones (excluding diaryl/α,β-unsaturated/α-hetero) is 2. The molecule has 0 saturated heterocycles. The Balaban J connectivity index is 2.25.